The maximum atomic E-state index is 10.5. The molecule has 4 aliphatic rings. The summed E-state index contributed by atoms with van der Waals surface area (Å²) in [6.45, 7) is 17.1. The lowest BCUT2D eigenvalue weighted by atomic mass is 9.46. The Bertz CT molecular complexity index is 716. The molecule has 0 saturated heterocycles. The minimum absolute atomic E-state index is 0.0773. The zero-order chi connectivity index (χ0) is 22.6. The van der Waals surface area contributed by atoms with Gasteiger partial charge in [0.25, 0.3) is 0 Å². The molecule has 4 aliphatic carbocycles. The quantitative estimate of drug-likeness (QED) is 0.439. The number of hydrogen-bond donors (Lipinski definition) is 1. The SMILES string of the molecule is C/C=C(/CC[C@@H](C)[C@H]1CC[C@@H]2C3=CC[C@H]4[C@H](C)[C@@H](O)CC[C@]4(C)[C@@H]3CC[C@@]21C)C(C)C. The van der Waals surface area contributed by atoms with E-state index in [2.05, 4.69) is 60.6 Å². The summed E-state index contributed by atoms with van der Waals surface area (Å²) in [7, 11) is 0. The van der Waals surface area contributed by atoms with Gasteiger partial charge in [-0.2, -0.15) is 0 Å². The van der Waals surface area contributed by atoms with Crippen molar-refractivity contribution in [3.63, 3.8) is 0 Å². The third-order valence-corrected chi connectivity index (χ3v) is 11.3. The molecule has 0 heterocycles. The second-order valence-electron chi connectivity index (χ2n) is 12.9. The van der Waals surface area contributed by atoms with E-state index in [0.29, 0.717) is 28.6 Å². The van der Waals surface area contributed by atoms with Crippen LogP contribution >= 0.6 is 0 Å². The second-order valence-corrected chi connectivity index (χ2v) is 12.9. The average Bonchev–Trinajstić information content (AvgIpc) is 3.08. The summed E-state index contributed by atoms with van der Waals surface area (Å²) in [5, 5.41) is 10.5. The molecule has 0 amide bonds. The van der Waals surface area contributed by atoms with E-state index in [-0.39, 0.29) is 6.10 Å². The number of fused-ring (bicyclic) bond motifs is 5. The average molecular weight is 427 g/mol. The molecule has 31 heavy (non-hydrogen) atoms. The molecule has 0 aromatic carbocycles. The van der Waals surface area contributed by atoms with E-state index in [1.165, 1.54) is 51.4 Å². The van der Waals surface area contributed by atoms with Crippen molar-refractivity contribution in [2.24, 2.45) is 52.3 Å². The Kier molecular flexibility index (Phi) is 6.59. The van der Waals surface area contributed by atoms with Gasteiger partial charge in [0.05, 0.1) is 6.10 Å². The van der Waals surface area contributed by atoms with Gasteiger partial charge in [-0.05, 0) is 117 Å². The molecule has 0 aromatic heterocycles. The first-order valence-corrected chi connectivity index (χ1v) is 13.7. The van der Waals surface area contributed by atoms with Crippen LogP contribution in [0.5, 0.6) is 0 Å². The highest BCUT2D eigenvalue weighted by Crippen LogP contribution is 2.67. The molecular weight excluding hydrogens is 376 g/mol. The molecule has 0 bridgehead atoms. The van der Waals surface area contributed by atoms with Crippen LogP contribution in [-0.2, 0) is 0 Å². The third-order valence-electron chi connectivity index (χ3n) is 11.3. The third kappa shape index (κ3) is 3.79. The number of allylic oxidation sites excluding steroid dienone is 4. The first-order chi connectivity index (χ1) is 14.6. The monoisotopic (exact) mass is 426 g/mol. The fourth-order valence-electron chi connectivity index (χ4n) is 9.28. The standard InChI is InChI=1S/C30H50O/c1-8-22(19(2)3)10-9-20(4)24-13-14-26-23-11-12-25-21(5)28(31)16-18-30(25,7)27(23)15-17-29(24,26)6/h8,11,19-21,24-28,31H,9-10,12-18H2,1-7H3/b22-8-/t20-,21+,24-,25+,26-,27-,28+,29-,30+/m1/s1. The summed E-state index contributed by atoms with van der Waals surface area (Å²) in [6.07, 6.45) is 16.8. The van der Waals surface area contributed by atoms with Gasteiger partial charge < -0.3 is 5.11 Å². The summed E-state index contributed by atoms with van der Waals surface area (Å²) in [5.74, 6) is 5.16. The number of rotatable bonds is 5. The topological polar surface area (TPSA) is 20.2 Å². The van der Waals surface area contributed by atoms with Crippen molar-refractivity contribution in [3.05, 3.63) is 23.3 Å². The molecule has 3 saturated carbocycles. The van der Waals surface area contributed by atoms with E-state index in [0.717, 1.165) is 30.1 Å². The van der Waals surface area contributed by atoms with Gasteiger partial charge >= 0.3 is 0 Å². The maximum absolute atomic E-state index is 10.5. The van der Waals surface area contributed by atoms with Crippen molar-refractivity contribution < 1.29 is 5.11 Å². The van der Waals surface area contributed by atoms with Crippen molar-refractivity contribution in [2.75, 3.05) is 0 Å². The maximum Gasteiger partial charge on any atom is 0.0568 e. The molecule has 1 nitrogen and oxygen atoms in total. The minimum Gasteiger partial charge on any atom is -0.393 e. The Morgan fingerprint density at radius 3 is 2.42 bits per heavy atom. The first kappa shape index (κ1) is 23.6. The largest absolute Gasteiger partial charge is 0.393 e. The lowest BCUT2D eigenvalue weighted by Crippen LogP contribution is -2.52. The molecule has 0 radical (unpaired) electrons. The highest BCUT2D eigenvalue weighted by molar-refractivity contribution is 5.28. The Labute approximate surface area is 193 Å². The van der Waals surface area contributed by atoms with Gasteiger partial charge in [-0.1, -0.05) is 64.8 Å². The molecule has 0 aliphatic heterocycles. The van der Waals surface area contributed by atoms with Crippen molar-refractivity contribution in [1.29, 1.82) is 0 Å². The van der Waals surface area contributed by atoms with Crippen LogP contribution in [0.25, 0.3) is 0 Å². The molecule has 0 unspecified atom stereocenters. The van der Waals surface area contributed by atoms with Crippen LogP contribution in [0.15, 0.2) is 23.3 Å². The zero-order valence-corrected chi connectivity index (χ0v) is 21.6. The van der Waals surface area contributed by atoms with Gasteiger partial charge in [-0.3, -0.25) is 0 Å². The van der Waals surface area contributed by atoms with E-state index in [1.807, 2.05) is 5.57 Å². The van der Waals surface area contributed by atoms with Crippen LogP contribution in [0.3, 0.4) is 0 Å². The molecule has 1 N–H and O–H groups in total. The van der Waals surface area contributed by atoms with E-state index >= 15 is 0 Å². The van der Waals surface area contributed by atoms with Crippen LogP contribution in [0.1, 0.15) is 106 Å². The van der Waals surface area contributed by atoms with Crippen LogP contribution < -0.4 is 0 Å². The fraction of sp³-hybridized carbons (Fsp3) is 0.867. The van der Waals surface area contributed by atoms with Crippen molar-refractivity contribution in [2.45, 2.75) is 112 Å². The van der Waals surface area contributed by atoms with Crippen LogP contribution in [0.4, 0.5) is 0 Å². The first-order valence-electron chi connectivity index (χ1n) is 13.7. The van der Waals surface area contributed by atoms with E-state index in [9.17, 15) is 5.11 Å². The number of hydrogen-bond acceptors (Lipinski definition) is 1. The molecule has 0 spiro atoms. The van der Waals surface area contributed by atoms with Gasteiger partial charge in [0.1, 0.15) is 0 Å². The smallest absolute Gasteiger partial charge is 0.0568 e. The lowest BCUT2D eigenvalue weighted by Gasteiger charge is -2.59. The summed E-state index contributed by atoms with van der Waals surface area (Å²) in [6, 6.07) is 0. The van der Waals surface area contributed by atoms with Crippen LogP contribution in [0.2, 0.25) is 0 Å². The summed E-state index contributed by atoms with van der Waals surface area (Å²) >= 11 is 0. The lowest BCUT2D eigenvalue weighted by molar-refractivity contribution is -0.0773. The van der Waals surface area contributed by atoms with Crippen molar-refractivity contribution in [3.8, 4) is 0 Å². The van der Waals surface area contributed by atoms with E-state index in [1.54, 1.807) is 5.57 Å². The molecule has 0 aromatic rings. The Hall–Kier alpha value is -0.560. The van der Waals surface area contributed by atoms with E-state index < -0.39 is 0 Å². The van der Waals surface area contributed by atoms with E-state index in [4.69, 9.17) is 0 Å². The van der Waals surface area contributed by atoms with Crippen LogP contribution in [-0.4, -0.2) is 11.2 Å². The second kappa shape index (κ2) is 8.66. The molecular formula is C30H50O. The van der Waals surface area contributed by atoms with Crippen LogP contribution in [0, 0.1) is 52.3 Å². The molecule has 4 rings (SSSR count). The molecule has 9 atom stereocenters. The highest BCUT2D eigenvalue weighted by Gasteiger charge is 2.59. The zero-order valence-electron chi connectivity index (χ0n) is 21.6. The Balaban J connectivity index is 1.51. The van der Waals surface area contributed by atoms with Gasteiger partial charge in [0, 0.05) is 0 Å². The fourth-order valence-corrected chi connectivity index (χ4v) is 9.28. The Morgan fingerprint density at radius 1 is 1.06 bits per heavy atom. The molecule has 1 heteroatoms. The Morgan fingerprint density at radius 2 is 1.74 bits per heavy atom. The number of aliphatic hydroxyl groups is 1. The molecule has 176 valence electrons. The summed E-state index contributed by atoms with van der Waals surface area (Å²) in [5.41, 5.74) is 4.45. The van der Waals surface area contributed by atoms with Gasteiger partial charge in [0.2, 0.25) is 0 Å². The van der Waals surface area contributed by atoms with Gasteiger partial charge in [0.15, 0.2) is 0 Å². The predicted octanol–water partition coefficient (Wildman–Crippen LogP) is 8.19. The number of aliphatic hydroxyl groups excluding tert-OH is 1. The summed E-state index contributed by atoms with van der Waals surface area (Å²) in [4.78, 5) is 0. The van der Waals surface area contributed by atoms with Crippen molar-refractivity contribution >= 4 is 0 Å². The highest BCUT2D eigenvalue weighted by atomic mass is 16.3. The van der Waals surface area contributed by atoms with Gasteiger partial charge in [-0.25, -0.2) is 0 Å². The van der Waals surface area contributed by atoms with Crippen molar-refractivity contribution in [1.82, 2.24) is 0 Å². The normalized spacial score (nSPS) is 46.2. The van der Waals surface area contributed by atoms with Gasteiger partial charge in [-0.15, -0.1) is 0 Å². The predicted molar refractivity (Wildman–Crippen MR) is 133 cm³/mol. The summed E-state index contributed by atoms with van der Waals surface area (Å²) < 4.78 is 0. The minimum atomic E-state index is -0.0773. The molecule has 3 fully saturated rings.